The third kappa shape index (κ3) is 3.78. The van der Waals surface area contributed by atoms with Gasteiger partial charge in [0.15, 0.2) is 5.78 Å². The second-order valence-corrected chi connectivity index (χ2v) is 5.15. The van der Waals surface area contributed by atoms with E-state index in [0.29, 0.717) is 31.0 Å². The molecule has 2 bridgehead atoms. The summed E-state index contributed by atoms with van der Waals surface area (Å²) in [5, 5.41) is 16.7. The van der Waals surface area contributed by atoms with Crippen LogP contribution in [0.4, 0.5) is 4.79 Å². The third-order valence-electron chi connectivity index (χ3n) is 3.36. The van der Waals surface area contributed by atoms with Crippen molar-refractivity contribution < 1.29 is 58.1 Å². The number of amides is 2. The summed E-state index contributed by atoms with van der Waals surface area (Å²) in [5.41, 5.74) is 1.25. The fourth-order valence-corrected chi connectivity index (χ4v) is 2.63. The van der Waals surface area contributed by atoms with Gasteiger partial charge in [-0.3, -0.25) is 4.79 Å². The molecule has 0 spiro atoms. The number of hydrogen-bond acceptors (Lipinski definition) is 8. The fourth-order valence-electron chi connectivity index (χ4n) is 2.34. The van der Waals surface area contributed by atoms with Gasteiger partial charge in [0.1, 0.15) is 6.04 Å². The molecule has 3 heterocycles. The minimum absolute atomic E-state index is 0. The number of carbonyl (C=O) groups is 2. The van der Waals surface area contributed by atoms with Crippen LogP contribution in [0, 0.1) is 0 Å². The predicted molar refractivity (Wildman–Crippen MR) is 72.6 cm³/mol. The van der Waals surface area contributed by atoms with Crippen LogP contribution in [-0.2, 0) is 13.7 Å². The van der Waals surface area contributed by atoms with Crippen molar-refractivity contribution in [1.82, 2.24) is 19.7 Å². The van der Waals surface area contributed by atoms with Crippen LogP contribution in [0.25, 0.3) is 5.70 Å². The zero-order valence-electron chi connectivity index (χ0n) is 12.4. The summed E-state index contributed by atoms with van der Waals surface area (Å²) < 4.78 is 10.7. The maximum Gasteiger partial charge on any atom is 1.00 e. The first-order valence-corrected chi connectivity index (χ1v) is 6.93. The van der Waals surface area contributed by atoms with E-state index in [2.05, 4.69) is 14.5 Å². The van der Waals surface area contributed by atoms with Crippen molar-refractivity contribution in [3.63, 3.8) is 0 Å². The van der Waals surface area contributed by atoms with E-state index < -0.39 is 0 Å². The standard InChI is InChI=1S/C11H12N4O6S.Na/c1-7(16)8-3-12-14(4-8)9-2-10-6-13(5-9)11(17)15(10)19-22-21-20-18;/h2-4,10,18H,5-6H2,1H3;/q;+1. The molecule has 3 rings (SSSR count). The molecule has 1 N–H and O–H groups in total. The first-order valence-electron chi connectivity index (χ1n) is 6.26. The SMILES string of the molecule is CC(=O)c1cnn(C2=CC3CN(C2)C(=O)N3OSOOO)c1.[Na+]. The molecule has 12 heteroatoms. The molecule has 0 saturated carbocycles. The van der Waals surface area contributed by atoms with Crippen molar-refractivity contribution in [3.8, 4) is 0 Å². The Hall–Kier alpha value is -0.920. The van der Waals surface area contributed by atoms with Crippen molar-refractivity contribution in [2.24, 2.45) is 0 Å². The van der Waals surface area contributed by atoms with Crippen LogP contribution in [0.2, 0.25) is 0 Å². The van der Waals surface area contributed by atoms with Crippen molar-refractivity contribution >= 4 is 29.8 Å². The molecule has 1 aromatic heterocycles. The summed E-state index contributed by atoms with van der Waals surface area (Å²) in [5.74, 6) is -0.0791. The van der Waals surface area contributed by atoms with Crippen molar-refractivity contribution in [1.29, 1.82) is 0 Å². The molecule has 0 radical (unpaired) electrons. The van der Waals surface area contributed by atoms with Crippen molar-refractivity contribution in [3.05, 3.63) is 24.0 Å². The maximum atomic E-state index is 12.1. The average Bonchev–Trinajstić information content (AvgIpc) is 3.07. The van der Waals surface area contributed by atoms with E-state index >= 15 is 0 Å². The second-order valence-electron chi connectivity index (χ2n) is 4.73. The molecule has 118 valence electrons. The molecule has 1 fully saturated rings. The topological polar surface area (TPSA) is 106 Å². The molecule has 1 unspecified atom stereocenters. The van der Waals surface area contributed by atoms with Gasteiger partial charge in [-0.25, -0.2) is 14.7 Å². The first kappa shape index (κ1) is 18.4. The number of ketones is 1. The molecular weight excluding hydrogens is 339 g/mol. The van der Waals surface area contributed by atoms with Gasteiger partial charge < -0.3 is 4.90 Å². The number of hydrogen-bond donors (Lipinski definition) is 1. The van der Waals surface area contributed by atoms with Gasteiger partial charge in [-0.1, -0.05) is 5.04 Å². The summed E-state index contributed by atoms with van der Waals surface area (Å²) in [6, 6.07) is -0.680. The number of urea groups is 1. The van der Waals surface area contributed by atoms with E-state index in [-0.39, 0.29) is 47.4 Å². The number of aromatic nitrogens is 2. The Balaban J connectivity index is 0.00000192. The summed E-state index contributed by atoms with van der Waals surface area (Å²) in [6.07, 6.45) is 4.92. The van der Waals surface area contributed by atoms with E-state index in [1.807, 2.05) is 6.08 Å². The molecule has 1 atom stereocenters. The van der Waals surface area contributed by atoms with Gasteiger partial charge in [0.05, 0.1) is 24.0 Å². The van der Waals surface area contributed by atoms with E-state index in [9.17, 15) is 9.59 Å². The Morgan fingerprint density at radius 1 is 1.52 bits per heavy atom. The quantitative estimate of drug-likeness (QED) is 0.156. The Labute approximate surface area is 157 Å². The van der Waals surface area contributed by atoms with Gasteiger partial charge in [-0.05, 0) is 13.0 Å². The third-order valence-corrected chi connectivity index (χ3v) is 3.70. The number of carbonyl (C=O) groups excluding carboxylic acids is 2. The van der Waals surface area contributed by atoms with E-state index in [1.54, 1.807) is 15.8 Å². The van der Waals surface area contributed by atoms with Crippen LogP contribution in [0.3, 0.4) is 0 Å². The van der Waals surface area contributed by atoms with Gasteiger partial charge in [-0.15, -0.1) is 4.33 Å². The molecule has 23 heavy (non-hydrogen) atoms. The Kier molecular flexibility index (Phi) is 6.22. The zero-order valence-corrected chi connectivity index (χ0v) is 15.2. The molecule has 2 aliphatic heterocycles. The molecular formula is C11H12N4NaO6S+. The van der Waals surface area contributed by atoms with Crippen molar-refractivity contribution in [2.45, 2.75) is 13.0 Å². The average molecular weight is 351 g/mol. The Bertz CT molecular complexity index is 638. The minimum Gasteiger partial charge on any atom is -0.314 e. The van der Waals surface area contributed by atoms with Gasteiger partial charge in [0.25, 0.3) is 0 Å². The zero-order chi connectivity index (χ0) is 15.7. The van der Waals surface area contributed by atoms with E-state index in [0.717, 1.165) is 10.8 Å². The van der Waals surface area contributed by atoms with Crippen LogP contribution >= 0.6 is 12.3 Å². The number of nitrogens with zero attached hydrogens (tertiary/aromatic N) is 4. The van der Waals surface area contributed by atoms with Crippen LogP contribution in [-0.4, -0.2) is 55.9 Å². The van der Waals surface area contributed by atoms with Gasteiger partial charge in [0.2, 0.25) is 12.3 Å². The smallest absolute Gasteiger partial charge is 0.314 e. The van der Waals surface area contributed by atoms with Crippen LogP contribution in [0.5, 0.6) is 0 Å². The number of Topliss-reactive ketones (excluding diaryl/α,β-unsaturated/α-hetero) is 1. The van der Waals surface area contributed by atoms with E-state index in [1.165, 1.54) is 13.1 Å². The second kappa shape index (κ2) is 7.77. The minimum atomic E-state index is -0.343. The normalized spacial score (nSPS) is 19.7. The number of hydroxylamine groups is 2. The monoisotopic (exact) mass is 351 g/mol. The molecule has 1 saturated heterocycles. The summed E-state index contributed by atoms with van der Waals surface area (Å²) in [7, 11) is 0. The van der Waals surface area contributed by atoms with E-state index in [4.69, 9.17) is 9.54 Å². The number of fused-ring (bicyclic) bond motifs is 2. The predicted octanol–water partition coefficient (Wildman–Crippen LogP) is -2.03. The largest absolute Gasteiger partial charge is 1.00 e. The first-order chi connectivity index (χ1) is 10.6. The summed E-state index contributed by atoms with van der Waals surface area (Å²) in [4.78, 5) is 25.0. The molecule has 2 aliphatic rings. The molecule has 0 aliphatic carbocycles. The molecule has 10 nitrogen and oxygen atoms in total. The van der Waals surface area contributed by atoms with Crippen LogP contribution in [0.1, 0.15) is 17.3 Å². The van der Waals surface area contributed by atoms with Crippen LogP contribution in [0.15, 0.2) is 18.5 Å². The van der Waals surface area contributed by atoms with Crippen LogP contribution < -0.4 is 29.6 Å². The number of rotatable bonds is 6. The Morgan fingerprint density at radius 3 is 2.96 bits per heavy atom. The molecule has 0 aromatic carbocycles. The van der Waals surface area contributed by atoms with Gasteiger partial charge in [-0.2, -0.15) is 14.4 Å². The molecule has 1 aromatic rings. The van der Waals surface area contributed by atoms with Crippen molar-refractivity contribution in [2.75, 3.05) is 13.1 Å². The van der Waals surface area contributed by atoms with Gasteiger partial charge >= 0.3 is 35.6 Å². The fraction of sp³-hybridized carbons (Fsp3) is 0.364. The summed E-state index contributed by atoms with van der Waals surface area (Å²) >= 11 is 0.318. The maximum absolute atomic E-state index is 12.1. The summed E-state index contributed by atoms with van der Waals surface area (Å²) in [6.45, 7) is 2.27. The Morgan fingerprint density at radius 2 is 2.30 bits per heavy atom. The molecule has 2 amide bonds. The van der Waals surface area contributed by atoms with Gasteiger partial charge in [0, 0.05) is 12.7 Å².